The highest BCUT2D eigenvalue weighted by atomic mass is 32.2. The van der Waals surface area contributed by atoms with Gasteiger partial charge in [0.2, 0.25) is 17.7 Å². The van der Waals surface area contributed by atoms with Gasteiger partial charge >= 0.3 is 11.9 Å². The van der Waals surface area contributed by atoms with Crippen molar-refractivity contribution in [3.05, 3.63) is 0 Å². The summed E-state index contributed by atoms with van der Waals surface area (Å²) < 4.78 is 0. The fourth-order valence-corrected chi connectivity index (χ4v) is 3.38. The van der Waals surface area contributed by atoms with Crippen LogP contribution in [0.15, 0.2) is 0 Å². The van der Waals surface area contributed by atoms with E-state index >= 15 is 0 Å². The molecule has 0 bridgehead atoms. The average Bonchev–Trinajstić information content (AvgIpc) is 3.16. The van der Waals surface area contributed by atoms with Crippen LogP contribution in [0.4, 0.5) is 0 Å². The maximum Gasteiger partial charge on any atom is 0.326 e. The zero-order chi connectivity index (χ0) is 22.0. The Labute approximate surface area is 172 Å². The molecule has 0 aromatic heterocycles. The number of carbonyl (C=O) groups is 5. The van der Waals surface area contributed by atoms with Crippen molar-refractivity contribution in [3.63, 3.8) is 0 Å². The van der Waals surface area contributed by atoms with Crippen LogP contribution >= 0.6 is 11.8 Å². The fourth-order valence-electron chi connectivity index (χ4n) is 2.90. The fraction of sp³-hybridized carbons (Fsp3) is 0.706. The van der Waals surface area contributed by atoms with E-state index in [1.165, 1.54) is 16.7 Å². The summed E-state index contributed by atoms with van der Waals surface area (Å²) in [6.45, 7) is -0.0569. The Bertz CT molecular complexity index is 631. The quantitative estimate of drug-likeness (QED) is 0.248. The normalized spacial score (nSPS) is 18.0. The van der Waals surface area contributed by atoms with Gasteiger partial charge in [0, 0.05) is 13.0 Å². The van der Waals surface area contributed by atoms with Crippen molar-refractivity contribution < 1.29 is 34.2 Å². The third-order valence-electron chi connectivity index (χ3n) is 4.52. The number of carbonyl (C=O) groups excluding carboxylic acids is 3. The number of aliphatic carboxylic acids is 2. The summed E-state index contributed by atoms with van der Waals surface area (Å²) in [7, 11) is 0. The molecule has 1 fully saturated rings. The molecule has 0 radical (unpaired) electrons. The molecule has 11 nitrogen and oxygen atoms in total. The van der Waals surface area contributed by atoms with Gasteiger partial charge in [-0.05, 0) is 37.7 Å². The molecule has 1 aliphatic rings. The zero-order valence-corrected chi connectivity index (χ0v) is 17.1. The second-order valence-electron chi connectivity index (χ2n) is 6.68. The van der Waals surface area contributed by atoms with E-state index in [0.29, 0.717) is 25.1 Å². The van der Waals surface area contributed by atoms with E-state index in [1.54, 1.807) is 0 Å². The van der Waals surface area contributed by atoms with Crippen LogP contribution in [0.3, 0.4) is 0 Å². The van der Waals surface area contributed by atoms with Gasteiger partial charge in [0.15, 0.2) is 0 Å². The van der Waals surface area contributed by atoms with Gasteiger partial charge in [-0.1, -0.05) is 0 Å². The smallest absolute Gasteiger partial charge is 0.326 e. The number of carboxylic acids is 2. The van der Waals surface area contributed by atoms with Gasteiger partial charge in [-0.15, -0.1) is 0 Å². The van der Waals surface area contributed by atoms with E-state index in [2.05, 4.69) is 10.6 Å². The van der Waals surface area contributed by atoms with Crippen molar-refractivity contribution in [2.75, 3.05) is 25.1 Å². The third kappa shape index (κ3) is 8.28. The van der Waals surface area contributed by atoms with E-state index in [4.69, 9.17) is 10.8 Å². The first-order valence-corrected chi connectivity index (χ1v) is 10.6. The van der Waals surface area contributed by atoms with Crippen LogP contribution < -0.4 is 16.4 Å². The number of nitrogens with zero attached hydrogens (tertiary/aromatic N) is 1. The lowest BCUT2D eigenvalue weighted by molar-refractivity contribution is -0.144. The van der Waals surface area contributed by atoms with E-state index in [1.807, 2.05) is 6.26 Å². The number of hydrogen-bond donors (Lipinski definition) is 5. The SMILES string of the molecule is CSCCC(NC(=O)C1CCCN1C(=O)CNC(=O)C(N)CCC(=O)O)C(=O)O. The summed E-state index contributed by atoms with van der Waals surface area (Å²) in [6.07, 6.45) is 2.76. The first-order chi connectivity index (χ1) is 13.7. The summed E-state index contributed by atoms with van der Waals surface area (Å²) in [6, 6.07) is -2.88. The van der Waals surface area contributed by atoms with Crippen LogP contribution in [-0.4, -0.2) is 88.0 Å². The number of hydrogen-bond acceptors (Lipinski definition) is 7. The number of thioether (sulfide) groups is 1. The Morgan fingerprint density at radius 2 is 1.90 bits per heavy atom. The molecule has 0 saturated carbocycles. The Morgan fingerprint density at radius 3 is 2.48 bits per heavy atom. The van der Waals surface area contributed by atoms with Crippen LogP contribution in [-0.2, 0) is 24.0 Å². The maximum atomic E-state index is 12.5. The van der Waals surface area contributed by atoms with E-state index < -0.39 is 47.8 Å². The summed E-state index contributed by atoms with van der Waals surface area (Å²) in [5.41, 5.74) is 5.58. The summed E-state index contributed by atoms with van der Waals surface area (Å²) >= 11 is 1.47. The molecule has 6 N–H and O–H groups in total. The third-order valence-corrected chi connectivity index (χ3v) is 5.16. The Hall–Kier alpha value is -2.34. The molecule has 1 saturated heterocycles. The molecule has 1 rings (SSSR count). The van der Waals surface area contributed by atoms with E-state index in [0.717, 1.165) is 0 Å². The largest absolute Gasteiger partial charge is 0.481 e. The predicted octanol–water partition coefficient (Wildman–Crippen LogP) is -1.39. The van der Waals surface area contributed by atoms with Crippen LogP contribution in [0.25, 0.3) is 0 Å². The molecule has 3 unspecified atom stereocenters. The Balaban J connectivity index is 2.58. The minimum absolute atomic E-state index is 0.0588. The first-order valence-electron chi connectivity index (χ1n) is 9.24. The van der Waals surface area contributed by atoms with Crippen LogP contribution in [0.1, 0.15) is 32.1 Å². The van der Waals surface area contributed by atoms with E-state index in [9.17, 15) is 29.1 Å². The number of rotatable bonds is 12. The molecule has 0 aromatic rings. The van der Waals surface area contributed by atoms with Crippen molar-refractivity contribution in [3.8, 4) is 0 Å². The molecule has 1 aliphatic heterocycles. The van der Waals surface area contributed by atoms with Crippen molar-refractivity contribution in [2.24, 2.45) is 5.73 Å². The summed E-state index contributed by atoms with van der Waals surface area (Å²) in [5, 5.41) is 22.7. The van der Waals surface area contributed by atoms with Gasteiger partial charge in [-0.2, -0.15) is 11.8 Å². The second-order valence-corrected chi connectivity index (χ2v) is 7.67. The average molecular weight is 432 g/mol. The monoisotopic (exact) mass is 432 g/mol. The molecule has 0 spiro atoms. The van der Waals surface area contributed by atoms with Crippen molar-refractivity contribution in [1.29, 1.82) is 0 Å². The predicted molar refractivity (Wildman–Crippen MR) is 105 cm³/mol. The van der Waals surface area contributed by atoms with Crippen LogP contribution in [0.5, 0.6) is 0 Å². The second kappa shape index (κ2) is 12.3. The number of carboxylic acid groups (broad SMARTS) is 2. The Kier molecular flexibility index (Phi) is 10.5. The molecule has 0 aliphatic carbocycles. The molecular weight excluding hydrogens is 404 g/mol. The van der Waals surface area contributed by atoms with Gasteiger partial charge in [0.25, 0.3) is 0 Å². The molecular formula is C17H28N4O7S. The number of nitrogens with one attached hydrogen (secondary N) is 2. The molecule has 3 atom stereocenters. The first kappa shape index (κ1) is 24.7. The van der Waals surface area contributed by atoms with Crippen molar-refractivity contribution >= 4 is 41.4 Å². The molecule has 29 heavy (non-hydrogen) atoms. The highest BCUT2D eigenvalue weighted by Crippen LogP contribution is 2.18. The van der Waals surface area contributed by atoms with Crippen LogP contribution in [0.2, 0.25) is 0 Å². The number of likely N-dealkylation sites (tertiary alicyclic amines) is 1. The summed E-state index contributed by atoms with van der Waals surface area (Å²) in [5.74, 6) is -3.31. The molecule has 1 heterocycles. The van der Waals surface area contributed by atoms with Gasteiger partial charge < -0.3 is 31.5 Å². The lowest BCUT2D eigenvalue weighted by Crippen LogP contribution is -2.53. The lowest BCUT2D eigenvalue weighted by Gasteiger charge is -2.26. The van der Waals surface area contributed by atoms with Crippen molar-refractivity contribution in [1.82, 2.24) is 15.5 Å². The zero-order valence-electron chi connectivity index (χ0n) is 16.3. The number of amides is 3. The van der Waals surface area contributed by atoms with Gasteiger partial charge in [0.05, 0.1) is 12.6 Å². The van der Waals surface area contributed by atoms with Crippen molar-refractivity contribution in [2.45, 2.75) is 50.2 Å². The minimum Gasteiger partial charge on any atom is -0.481 e. The molecule has 12 heteroatoms. The minimum atomic E-state index is -1.13. The van der Waals surface area contributed by atoms with Gasteiger partial charge in [-0.25, -0.2) is 4.79 Å². The molecule has 164 valence electrons. The lowest BCUT2D eigenvalue weighted by atomic mass is 10.1. The number of nitrogens with two attached hydrogens (primary N) is 1. The maximum absolute atomic E-state index is 12.5. The molecule has 3 amide bonds. The van der Waals surface area contributed by atoms with Gasteiger partial charge in [0.1, 0.15) is 12.1 Å². The highest BCUT2D eigenvalue weighted by Gasteiger charge is 2.35. The van der Waals surface area contributed by atoms with E-state index in [-0.39, 0.29) is 25.8 Å². The molecule has 0 aromatic carbocycles. The summed E-state index contributed by atoms with van der Waals surface area (Å²) in [4.78, 5) is 59.9. The topological polar surface area (TPSA) is 179 Å². The van der Waals surface area contributed by atoms with Gasteiger partial charge in [-0.3, -0.25) is 19.2 Å². The highest BCUT2D eigenvalue weighted by molar-refractivity contribution is 7.98. The standard InChI is InChI=1S/C17H28N4O7S/c1-29-8-6-11(17(27)28)20-16(26)12-3-2-7-21(12)13(22)9-19-15(25)10(18)4-5-14(23)24/h10-12H,2-9,18H2,1H3,(H,19,25)(H,20,26)(H,23,24)(H,27,28). The Morgan fingerprint density at radius 1 is 1.21 bits per heavy atom. The van der Waals surface area contributed by atoms with Crippen LogP contribution in [0, 0.1) is 0 Å².